The average Bonchev–Trinajstić information content (AvgIpc) is 2.71. The van der Waals surface area contributed by atoms with Crippen molar-refractivity contribution in [2.24, 2.45) is 5.92 Å². The summed E-state index contributed by atoms with van der Waals surface area (Å²) >= 11 is 0. The zero-order chi connectivity index (χ0) is 9.10. The summed E-state index contributed by atoms with van der Waals surface area (Å²) in [6.07, 6.45) is 8.35. The van der Waals surface area contributed by atoms with Crippen molar-refractivity contribution in [1.29, 1.82) is 0 Å². The molecule has 0 bridgehead atoms. The molecule has 1 aliphatic rings. The lowest BCUT2D eigenvalue weighted by molar-refractivity contribution is 0.357. The topological polar surface area (TPSA) is 8.17 Å². The van der Waals surface area contributed by atoms with E-state index in [-0.39, 0.29) is 0 Å². The van der Waals surface area contributed by atoms with Gasteiger partial charge in [0.1, 0.15) is 0 Å². The molecule has 2 rings (SSSR count). The first-order valence-corrected chi connectivity index (χ1v) is 5.28. The third kappa shape index (κ3) is 1.87. The van der Waals surface area contributed by atoms with E-state index in [0.29, 0.717) is 0 Å². The van der Waals surface area contributed by atoms with Crippen LogP contribution in [0.1, 0.15) is 26.2 Å². The van der Waals surface area contributed by atoms with Crippen LogP contribution in [0.25, 0.3) is 0 Å². The summed E-state index contributed by atoms with van der Waals surface area (Å²) in [6, 6.07) is 4.19. The SMILES string of the molecule is CCC1CCCN(n2cccc2)C1. The number of piperidine rings is 1. The van der Waals surface area contributed by atoms with Crippen molar-refractivity contribution in [3.8, 4) is 0 Å². The quantitative estimate of drug-likeness (QED) is 0.674. The van der Waals surface area contributed by atoms with Crippen molar-refractivity contribution in [3.63, 3.8) is 0 Å². The van der Waals surface area contributed by atoms with Gasteiger partial charge in [-0.05, 0) is 30.9 Å². The largest absolute Gasteiger partial charge is 0.313 e. The first kappa shape index (κ1) is 8.67. The molecule has 1 atom stereocenters. The molecule has 1 aromatic heterocycles. The van der Waals surface area contributed by atoms with Crippen molar-refractivity contribution < 1.29 is 0 Å². The summed E-state index contributed by atoms with van der Waals surface area (Å²) in [5, 5.41) is 2.44. The monoisotopic (exact) mass is 178 g/mol. The molecule has 0 aliphatic carbocycles. The van der Waals surface area contributed by atoms with Gasteiger partial charge in [0, 0.05) is 25.5 Å². The lowest BCUT2D eigenvalue weighted by atomic mass is 9.97. The second-order valence-corrected chi connectivity index (χ2v) is 3.89. The van der Waals surface area contributed by atoms with Crippen LogP contribution in [0.4, 0.5) is 0 Å². The average molecular weight is 178 g/mol. The van der Waals surface area contributed by atoms with Gasteiger partial charge >= 0.3 is 0 Å². The Morgan fingerprint density at radius 2 is 2.08 bits per heavy atom. The highest BCUT2D eigenvalue weighted by Gasteiger charge is 2.17. The van der Waals surface area contributed by atoms with Gasteiger partial charge in [0.15, 0.2) is 0 Å². The van der Waals surface area contributed by atoms with Crippen LogP contribution in [-0.4, -0.2) is 17.8 Å². The summed E-state index contributed by atoms with van der Waals surface area (Å²) in [6.45, 7) is 4.74. The zero-order valence-corrected chi connectivity index (χ0v) is 8.32. The summed E-state index contributed by atoms with van der Waals surface area (Å²) < 4.78 is 2.22. The predicted octanol–water partition coefficient (Wildman–Crippen LogP) is 2.25. The Morgan fingerprint density at radius 1 is 1.31 bits per heavy atom. The van der Waals surface area contributed by atoms with Gasteiger partial charge in [-0.25, -0.2) is 0 Å². The molecule has 0 spiro atoms. The van der Waals surface area contributed by atoms with E-state index in [1.54, 1.807) is 0 Å². The molecule has 2 heterocycles. The fourth-order valence-corrected chi connectivity index (χ4v) is 2.10. The summed E-state index contributed by atoms with van der Waals surface area (Å²) in [5.41, 5.74) is 0. The Labute approximate surface area is 80.1 Å². The van der Waals surface area contributed by atoms with Crippen LogP contribution in [0, 0.1) is 5.92 Å². The van der Waals surface area contributed by atoms with Crippen LogP contribution in [0.15, 0.2) is 24.5 Å². The number of aromatic nitrogens is 1. The van der Waals surface area contributed by atoms with Gasteiger partial charge < -0.3 is 5.01 Å². The molecule has 0 radical (unpaired) electrons. The van der Waals surface area contributed by atoms with E-state index in [9.17, 15) is 0 Å². The Balaban J connectivity index is 2.00. The molecule has 2 heteroatoms. The number of hydrogen-bond acceptors (Lipinski definition) is 1. The molecule has 1 unspecified atom stereocenters. The first-order valence-electron chi connectivity index (χ1n) is 5.28. The van der Waals surface area contributed by atoms with Crippen LogP contribution in [-0.2, 0) is 0 Å². The summed E-state index contributed by atoms with van der Waals surface area (Å²) in [5.74, 6) is 0.899. The molecule has 72 valence electrons. The maximum absolute atomic E-state index is 2.44. The third-order valence-electron chi connectivity index (χ3n) is 2.99. The fraction of sp³-hybridized carbons (Fsp3) is 0.636. The molecule has 1 saturated heterocycles. The number of nitrogens with zero attached hydrogens (tertiary/aromatic N) is 2. The lowest BCUT2D eigenvalue weighted by Gasteiger charge is -2.34. The zero-order valence-electron chi connectivity index (χ0n) is 8.32. The van der Waals surface area contributed by atoms with Gasteiger partial charge in [-0.3, -0.25) is 4.68 Å². The van der Waals surface area contributed by atoms with E-state index in [0.717, 1.165) is 5.92 Å². The van der Waals surface area contributed by atoms with Crippen LogP contribution >= 0.6 is 0 Å². The number of rotatable bonds is 2. The van der Waals surface area contributed by atoms with Gasteiger partial charge in [-0.15, -0.1) is 0 Å². The highest BCUT2D eigenvalue weighted by Crippen LogP contribution is 2.18. The van der Waals surface area contributed by atoms with Crippen LogP contribution in [0.5, 0.6) is 0 Å². The molecular weight excluding hydrogens is 160 g/mol. The van der Waals surface area contributed by atoms with E-state index in [2.05, 4.69) is 41.1 Å². The molecule has 0 amide bonds. The first-order chi connectivity index (χ1) is 6.40. The minimum absolute atomic E-state index is 0.899. The van der Waals surface area contributed by atoms with Gasteiger partial charge in [0.25, 0.3) is 0 Å². The van der Waals surface area contributed by atoms with E-state index < -0.39 is 0 Å². The van der Waals surface area contributed by atoms with Gasteiger partial charge in [0.05, 0.1) is 0 Å². The molecule has 0 N–H and O–H groups in total. The summed E-state index contributed by atoms with van der Waals surface area (Å²) in [4.78, 5) is 0. The van der Waals surface area contributed by atoms with Crippen LogP contribution in [0.3, 0.4) is 0 Å². The van der Waals surface area contributed by atoms with Gasteiger partial charge in [-0.2, -0.15) is 0 Å². The fourth-order valence-electron chi connectivity index (χ4n) is 2.10. The normalized spacial score (nSPS) is 23.5. The minimum atomic E-state index is 0.899. The van der Waals surface area contributed by atoms with Gasteiger partial charge in [0.2, 0.25) is 0 Å². The van der Waals surface area contributed by atoms with E-state index in [1.807, 2.05) is 0 Å². The summed E-state index contributed by atoms with van der Waals surface area (Å²) in [7, 11) is 0. The smallest absolute Gasteiger partial charge is 0.0372 e. The molecule has 1 aliphatic heterocycles. The van der Waals surface area contributed by atoms with E-state index in [1.165, 1.54) is 32.4 Å². The van der Waals surface area contributed by atoms with E-state index in [4.69, 9.17) is 0 Å². The number of hydrogen-bond donors (Lipinski definition) is 0. The van der Waals surface area contributed by atoms with Crippen molar-refractivity contribution in [1.82, 2.24) is 4.68 Å². The Kier molecular flexibility index (Phi) is 2.57. The molecule has 0 aromatic carbocycles. The highest BCUT2D eigenvalue weighted by atomic mass is 15.5. The maximum Gasteiger partial charge on any atom is 0.0372 e. The highest BCUT2D eigenvalue weighted by molar-refractivity contribution is 4.99. The molecule has 0 saturated carbocycles. The van der Waals surface area contributed by atoms with Gasteiger partial charge in [-0.1, -0.05) is 13.3 Å². The van der Waals surface area contributed by atoms with Crippen LogP contribution in [0.2, 0.25) is 0 Å². The van der Waals surface area contributed by atoms with Crippen molar-refractivity contribution >= 4 is 0 Å². The molecule has 1 fully saturated rings. The maximum atomic E-state index is 2.44. The Morgan fingerprint density at radius 3 is 2.77 bits per heavy atom. The lowest BCUT2D eigenvalue weighted by Crippen LogP contribution is -2.42. The predicted molar refractivity (Wildman–Crippen MR) is 55.4 cm³/mol. The van der Waals surface area contributed by atoms with Crippen molar-refractivity contribution in [2.75, 3.05) is 18.1 Å². The molecule has 2 nitrogen and oxygen atoms in total. The van der Waals surface area contributed by atoms with E-state index >= 15 is 0 Å². The van der Waals surface area contributed by atoms with Crippen molar-refractivity contribution in [3.05, 3.63) is 24.5 Å². The second kappa shape index (κ2) is 3.86. The second-order valence-electron chi connectivity index (χ2n) is 3.89. The van der Waals surface area contributed by atoms with Crippen LogP contribution < -0.4 is 5.01 Å². The molecule has 1 aromatic rings. The third-order valence-corrected chi connectivity index (χ3v) is 2.99. The standard InChI is InChI=1S/C11H18N2/c1-2-11-6-5-9-13(10-11)12-7-3-4-8-12/h3-4,7-8,11H,2,5-6,9-10H2,1H3. The Bertz CT molecular complexity index is 241. The minimum Gasteiger partial charge on any atom is -0.313 e. The van der Waals surface area contributed by atoms with Crippen molar-refractivity contribution in [2.45, 2.75) is 26.2 Å². The molecular formula is C11H18N2. The Hall–Kier alpha value is -0.920. The molecule has 13 heavy (non-hydrogen) atoms.